The molecule has 0 aromatic carbocycles. The van der Waals surface area contributed by atoms with E-state index in [1.807, 2.05) is 0 Å². The zero-order valence-corrected chi connectivity index (χ0v) is 10.5. The lowest BCUT2D eigenvalue weighted by molar-refractivity contribution is 0.215. The minimum Gasteiger partial charge on any atom is -0.327 e. The van der Waals surface area contributed by atoms with E-state index in [1.165, 1.54) is 58.2 Å². The molecule has 2 N–H and O–H groups in total. The van der Waals surface area contributed by atoms with E-state index in [0.29, 0.717) is 6.04 Å². The number of nitrogens with two attached hydrogens (primary N) is 1. The van der Waals surface area contributed by atoms with Crippen molar-refractivity contribution in [1.29, 1.82) is 0 Å². The molecule has 0 aliphatic heterocycles. The first-order valence-electron chi connectivity index (χ1n) is 6.75. The van der Waals surface area contributed by atoms with Crippen LogP contribution >= 0.6 is 0 Å². The highest BCUT2D eigenvalue weighted by atomic mass is 15.1. The molecule has 1 aliphatic carbocycles. The van der Waals surface area contributed by atoms with Crippen molar-refractivity contribution >= 4 is 0 Å². The molecule has 0 radical (unpaired) electrons. The van der Waals surface area contributed by atoms with Crippen molar-refractivity contribution in [2.24, 2.45) is 11.7 Å². The van der Waals surface area contributed by atoms with Gasteiger partial charge in [0.1, 0.15) is 0 Å². The summed E-state index contributed by atoms with van der Waals surface area (Å²) in [7, 11) is 0. The van der Waals surface area contributed by atoms with Crippen LogP contribution in [0.4, 0.5) is 0 Å². The number of hydrogen-bond donors (Lipinski definition) is 1. The molecule has 2 heteroatoms. The first kappa shape index (κ1) is 13.0. The lowest BCUT2D eigenvalue weighted by Crippen LogP contribution is -2.39. The van der Waals surface area contributed by atoms with Gasteiger partial charge >= 0.3 is 0 Å². The topological polar surface area (TPSA) is 29.3 Å². The molecule has 1 rings (SSSR count). The van der Waals surface area contributed by atoms with Crippen molar-refractivity contribution in [2.75, 3.05) is 19.6 Å². The molecule has 1 aliphatic rings. The van der Waals surface area contributed by atoms with Crippen LogP contribution in [0.2, 0.25) is 0 Å². The van der Waals surface area contributed by atoms with E-state index in [0.717, 1.165) is 5.92 Å². The maximum Gasteiger partial charge on any atom is 0.00793 e. The van der Waals surface area contributed by atoms with E-state index in [-0.39, 0.29) is 0 Å². The van der Waals surface area contributed by atoms with Crippen molar-refractivity contribution in [3.63, 3.8) is 0 Å². The van der Waals surface area contributed by atoms with E-state index < -0.39 is 0 Å². The average molecular weight is 212 g/mol. The Kier molecular flexibility index (Phi) is 6.26. The largest absolute Gasteiger partial charge is 0.327 e. The van der Waals surface area contributed by atoms with Crippen LogP contribution in [0.1, 0.15) is 52.4 Å². The number of hydrogen-bond acceptors (Lipinski definition) is 2. The molecule has 2 unspecified atom stereocenters. The fourth-order valence-corrected chi connectivity index (χ4v) is 2.67. The van der Waals surface area contributed by atoms with Crippen LogP contribution in [0.5, 0.6) is 0 Å². The van der Waals surface area contributed by atoms with E-state index in [9.17, 15) is 0 Å². The first-order chi connectivity index (χ1) is 7.27. The van der Waals surface area contributed by atoms with Crippen molar-refractivity contribution in [3.8, 4) is 0 Å². The second kappa shape index (κ2) is 7.24. The maximum absolute atomic E-state index is 6.25. The van der Waals surface area contributed by atoms with Crippen molar-refractivity contribution in [2.45, 2.75) is 58.4 Å². The highest BCUT2D eigenvalue weighted by Crippen LogP contribution is 2.23. The molecule has 2 atom stereocenters. The summed E-state index contributed by atoms with van der Waals surface area (Å²) in [5.74, 6) is 0.749. The van der Waals surface area contributed by atoms with E-state index >= 15 is 0 Å². The van der Waals surface area contributed by atoms with Gasteiger partial charge in [0.2, 0.25) is 0 Å². The lowest BCUT2D eigenvalue weighted by Gasteiger charge is -2.28. The molecule has 0 bridgehead atoms. The van der Waals surface area contributed by atoms with Crippen molar-refractivity contribution in [1.82, 2.24) is 4.90 Å². The minimum atomic E-state index is 0.457. The quantitative estimate of drug-likeness (QED) is 0.710. The van der Waals surface area contributed by atoms with Gasteiger partial charge in [-0.2, -0.15) is 0 Å². The van der Waals surface area contributed by atoms with Crippen LogP contribution in [0.15, 0.2) is 0 Å². The molecular weight excluding hydrogens is 184 g/mol. The summed E-state index contributed by atoms with van der Waals surface area (Å²) in [6, 6.07) is 0.457. The SMILES string of the molecule is CCCN(CC)CC1CCCCCC1N. The Balaban J connectivity index is 2.38. The summed E-state index contributed by atoms with van der Waals surface area (Å²) < 4.78 is 0. The highest BCUT2D eigenvalue weighted by Gasteiger charge is 2.21. The molecule has 15 heavy (non-hydrogen) atoms. The molecule has 0 aromatic heterocycles. The fourth-order valence-electron chi connectivity index (χ4n) is 2.67. The third-order valence-electron chi connectivity index (χ3n) is 3.70. The molecule has 0 amide bonds. The second-order valence-electron chi connectivity index (χ2n) is 4.96. The number of rotatable bonds is 5. The molecule has 90 valence electrons. The Bertz CT molecular complexity index is 159. The van der Waals surface area contributed by atoms with Crippen LogP contribution in [-0.4, -0.2) is 30.6 Å². The van der Waals surface area contributed by atoms with Gasteiger partial charge in [-0.25, -0.2) is 0 Å². The van der Waals surface area contributed by atoms with Gasteiger partial charge in [-0.05, 0) is 38.3 Å². The molecule has 0 aromatic rings. The molecule has 1 saturated carbocycles. The summed E-state index contributed by atoms with van der Waals surface area (Å²) in [6.07, 6.45) is 7.98. The smallest absolute Gasteiger partial charge is 0.00793 e. The van der Waals surface area contributed by atoms with Gasteiger partial charge in [-0.3, -0.25) is 0 Å². The molecule has 0 heterocycles. The van der Waals surface area contributed by atoms with Crippen LogP contribution in [0, 0.1) is 5.92 Å². The third kappa shape index (κ3) is 4.52. The van der Waals surface area contributed by atoms with E-state index in [1.54, 1.807) is 0 Å². The Morgan fingerprint density at radius 3 is 2.53 bits per heavy atom. The summed E-state index contributed by atoms with van der Waals surface area (Å²) in [6.45, 7) is 8.16. The highest BCUT2D eigenvalue weighted by molar-refractivity contribution is 4.79. The number of nitrogens with zero attached hydrogens (tertiary/aromatic N) is 1. The first-order valence-corrected chi connectivity index (χ1v) is 6.75. The summed E-state index contributed by atoms with van der Waals surface area (Å²) >= 11 is 0. The molecule has 2 nitrogen and oxygen atoms in total. The normalized spacial score (nSPS) is 28.0. The lowest BCUT2D eigenvalue weighted by atomic mass is 9.95. The van der Waals surface area contributed by atoms with Crippen LogP contribution in [0.25, 0.3) is 0 Å². The molecule has 0 saturated heterocycles. The fraction of sp³-hybridized carbons (Fsp3) is 1.00. The van der Waals surface area contributed by atoms with E-state index in [2.05, 4.69) is 18.7 Å². The molecule has 0 spiro atoms. The zero-order valence-electron chi connectivity index (χ0n) is 10.5. The third-order valence-corrected chi connectivity index (χ3v) is 3.70. The van der Waals surface area contributed by atoms with Crippen molar-refractivity contribution in [3.05, 3.63) is 0 Å². The minimum absolute atomic E-state index is 0.457. The van der Waals surface area contributed by atoms with Crippen molar-refractivity contribution < 1.29 is 0 Å². The summed E-state index contributed by atoms with van der Waals surface area (Å²) in [5, 5.41) is 0. The van der Waals surface area contributed by atoms with Gasteiger partial charge in [0.15, 0.2) is 0 Å². The predicted octanol–water partition coefficient (Wildman–Crippen LogP) is 2.63. The molecule has 1 fully saturated rings. The van der Waals surface area contributed by atoms with Gasteiger partial charge in [-0.15, -0.1) is 0 Å². The van der Waals surface area contributed by atoms with Gasteiger partial charge in [0.25, 0.3) is 0 Å². The van der Waals surface area contributed by atoms with Gasteiger partial charge in [0.05, 0.1) is 0 Å². The van der Waals surface area contributed by atoms with Gasteiger partial charge in [0, 0.05) is 12.6 Å². The van der Waals surface area contributed by atoms with Gasteiger partial charge < -0.3 is 10.6 Å². The second-order valence-corrected chi connectivity index (χ2v) is 4.96. The monoisotopic (exact) mass is 212 g/mol. The van der Waals surface area contributed by atoms with Crippen LogP contribution in [-0.2, 0) is 0 Å². The maximum atomic E-state index is 6.25. The Morgan fingerprint density at radius 2 is 1.87 bits per heavy atom. The van der Waals surface area contributed by atoms with Crippen LogP contribution in [0.3, 0.4) is 0 Å². The summed E-state index contributed by atoms with van der Waals surface area (Å²) in [4.78, 5) is 2.57. The Labute approximate surface area is 95.2 Å². The standard InChI is InChI=1S/C13H28N2/c1-3-10-15(4-2)11-12-8-6-5-7-9-13(12)14/h12-13H,3-11,14H2,1-2H3. The predicted molar refractivity (Wildman–Crippen MR) is 67.0 cm³/mol. The van der Waals surface area contributed by atoms with Gasteiger partial charge in [-0.1, -0.05) is 33.1 Å². The summed E-state index contributed by atoms with van der Waals surface area (Å²) in [5.41, 5.74) is 6.25. The Hall–Kier alpha value is -0.0800. The average Bonchev–Trinajstić information content (AvgIpc) is 2.43. The molecular formula is C13H28N2. The Morgan fingerprint density at radius 1 is 1.13 bits per heavy atom. The van der Waals surface area contributed by atoms with E-state index in [4.69, 9.17) is 5.73 Å². The van der Waals surface area contributed by atoms with Crippen LogP contribution < -0.4 is 5.73 Å². The zero-order chi connectivity index (χ0) is 11.1.